The van der Waals surface area contributed by atoms with Crippen molar-refractivity contribution in [2.75, 3.05) is 17.2 Å². The number of Topliss-reactive ketones (excluding diaryl/α,β-unsaturated/α-hetero) is 1. The Balaban J connectivity index is 1.86. The van der Waals surface area contributed by atoms with Crippen LogP contribution in [0.3, 0.4) is 0 Å². The molecular weight excluding hydrogens is 260 g/mol. The molecule has 0 saturated heterocycles. The van der Waals surface area contributed by atoms with Gasteiger partial charge in [0, 0.05) is 31.9 Å². The Morgan fingerprint density at radius 1 is 1.53 bits per heavy atom. The highest BCUT2D eigenvalue weighted by atomic mass is 32.1. The molecular formula is C13H16N4OS. The summed E-state index contributed by atoms with van der Waals surface area (Å²) < 4.78 is 2.16. The average molecular weight is 276 g/mol. The third-order valence-electron chi connectivity index (χ3n) is 3.38. The predicted octanol–water partition coefficient (Wildman–Crippen LogP) is 2.14. The Bertz CT molecular complexity index is 616. The number of rotatable bonds is 3. The van der Waals surface area contributed by atoms with Crippen LogP contribution in [0, 0.1) is 0 Å². The van der Waals surface area contributed by atoms with Gasteiger partial charge in [-0.25, -0.2) is 4.98 Å². The Hall–Kier alpha value is -1.82. The zero-order chi connectivity index (χ0) is 13.4. The molecule has 3 rings (SSSR count). The molecule has 0 atom stereocenters. The lowest BCUT2D eigenvalue weighted by Crippen LogP contribution is -2.32. The van der Waals surface area contributed by atoms with Crippen LogP contribution in [0.25, 0.3) is 0 Å². The van der Waals surface area contributed by atoms with Crippen LogP contribution < -0.4 is 10.6 Å². The second-order valence-corrected chi connectivity index (χ2v) is 5.63. The molecule has 5 nitrogen and oxygen atoms in total. The third kappa shape index (κ3) is 2.12. The smallest absolute Gasteiger partial charge is 0.174 e. The Kier molecular flexibility index (Phi) is 3.02. The van der Waals surface area contributed by atoms with Crippen molar-refractivity contribution in [1.29, 1.82) is 0 Å². The summed E-state index contributed by atoms with van der Waals surface area (Å²) in [5.74, 6) is 1.17. The van der Waals surface area contributed by atoms with Crippen LogP contribution in [0.5, 0.6) is 0 Å². The van der Waals surface area contributed by atoms with Gasteiger partial charge in [0.1, 0.15) is 5.82 Å². The molecule has 0 bridgehead atoms. The fourth-order valence-corrected chi connectivity index (χ4v) is 3.40. The van der Waals surface area contributed by atoms with Crippen LogP contribution >= 0.6 is 11.3 Å². The van der Waals surface area contributed by atoms with Crippen molar-refractivity contribution in [3.05, 3.63) is 29.2 Å². The van der Waals surface area contributed by atoms with Crippen LogP contribution in [0.1, 0.15) is 28.8 Å². The number of ketones is 1. The van der Waals surface area contributed by atoms with E-state index in [-0.39, 0.29) is 5.78 Å². The van der Waals surface area contributed by atoms with Gasteiger partial charge in [-0.2, -0.15) is 0 Å². The second kappa shape index (κ2) is 4.70. The Morgan fingerprint density at radius 3 is 3.16 bits per heavy atom. The van der Waals surface area contributed by atoms with Gasteiger partial charge < -0.3 is 15.2 Å². The number of aromatic nitrogens is 2. The number of nitrogens with zero attached hydrogens (tertiary/aromatic N) is 3. The van der Waals surface area contributed by atoms with E-state index >= 15 is 0 Å². The number of imidazole rings is 1. The first kappa shape index (κ1) is 12.2. The quantitative estimate of drug-likeness (QED) is 0.872. The summed E-state index contributed by atoms with van der Waals surface area (Å²) >= 11 is 1.49. The van der Waals surface area contributed by atoms with Crippen molar-refractivity contribution < 1.29 is 4.79 Å². The average Bonchev–Trinajstić information content (AvgIpc) is 3.03. The van der Waals surface area contributed by atoms with Gasteiger partial charge in [0.15, 0.2) is 5.78 Å². The lowest BCUT2D eigenvalue weighted by molar-refractivity contribution is 0.0993. The maximum Gasteiger partial charge on any atom is 0.174 e. The number of anilines is 2. The zero-order valence-electron chi connectivity index (χ0n) is 10.8. The molecule has 0 spiro atoms. The highest BCUT2D eigenvalue weighted by molar-refractivity contribution is 7.18. The topological polar surface area (TPSA) is 64.2 Å². The predicted molar refractivity (Wildman–Crippen MR) is 76.6 cm³/mol. The molecule has 2 aromatic heterocycles. The molecule has 6 heteroatoms. The van der Waals surface area contributed by atoms with E-state index in [4.69, 9.17) is 5.73 Å². The maximum absolute atomic E-state index is 11.8. The van der Waals surface area contributed by atoms with Crippen molar-refractivity contribution in [3.8, 4) is 0 Å². The number of fused-ring (bicyclic) bond motifs is 1. The Morgan fingerprint density at radius 2 is 2.37 bits per heavy atom. The van der Waals surface area contributed by atoms with Crippen molar-refractivity contribution in [1.82, 2.24) is 9.55 Å². The van der Waals surface area contributed by atoms with Crippen LogP contribution in [0.15, 0.2) is 18.5 Å². The minimum atomic E-state index is 0.118. The first-order valence-electron chi connectivity index (χ1n) is 6.36. The summed E-state index contributed by atoms with van der Waals surface area (Å²) in [7, 11) is 0. The van der Waals surface area contributed by atoms with Crippen molar-refractivity contribution in [3.63, 3.8) is 0 Å². The molecule has 100 valence electrons. The van der Waals surface area contributed by atoms with Gasteiger partial charge in [0.25, 0.3) is 0 Å². The molecule has 0 unspecified atom stereocenters. The SMILES string of the molecule is CCC(=O)c1sc(N2CCn3ccnc3C2)cc1N. The number of nitrogens with two attached hydrogens (primary N) is 1. The highest BCUT2D eigenvalue weighted by Crippen LogP contribution is 2.34. The van der Waals surface area contributed by atoms with E-state index < -0.39 is 0 Å². The van der Waals surface area contributed by atoms with Gasteiger partial charge in [-0.05, 0) is 6.07 Å². The summed E-state index contributed by atoms with van der Waals surface area (Å²) in [5, 5.41) is 1.06. The fraction of sp³-hybridized carbons (Fsp3) is 0.385. The molecule has 3 heterocycles. The van der Waals surface area contributed by atoms with Crippen LogP contribution in [-0.2, 0) is 13.1 Å². The van der Waals surface area contributed by atoms with Crippen LogP contribution in [0.4, 0.5) is 10.7 Å². The van der Waals surface area contributed by atoms with E-state index in [0.717, 1.165) is 30.5 Å². The van der Waals surface area contributed by atoms with Crippen LogP contribution in [0.2, 0.25) is 0 Å². The van der Waals surface area contributed by atoms with E-state index in [0.29, 0.717) is 17.0 Å². The van der Waals surface area contributed by atoms with Gasteiger partial charge in [-0.15, -0.1) is 11.3 Å². The first-order valence-corrected chi connectivity index (χ1v) is 7.18. The van der Waals surface area contributed by atoms with E-state index in [1.54, 1.807) is 0 Å². The lowest BCUT2D eigenvalue weighted by Gasteiger charge is -2.28. The normalized spacial score (nSPS) is 14.5. The van der Waals surface area contributed by atoms with E-state index in [2.05, 4.69) is 14.5 Å². The van der Waals surface area contributed by atoms with Gasteiger partial charge in [0.05, 0.1) is 22.1 Å². The molecule has 0 fully saturated rings. The van der Waals surface area contributed by atoms with Gasteiger partial charge in [0.2, 0.25) is 0 Å². The molecule has 0 aliphatic carbocycles. The minimum absolute atomic E-state index is 0.118. The van der Waals surface area contributed by atoms with Gasteiger partial charge in [-0.1, -0.05) is 6.92 Å². The first-order chi connectivity index (χ1) is 9.19. The number of nitrogen functional groups attached to an aromatic ring is 1. The molecule has 0 aromatic carbocycles. The molecule has 0 radical (unpaired) electrons. The van der Waals surface area contributed by atoms with E-state index in [1.165, 1.54) is 11.3 Å². The number of hydrogen-bond acceptors (Lipinski definition) is 5. The summed E-state index contributed by atoms with van der Waals surface area (Å²) in [6.45, 7) is 4.47. The number of hydrogen-bond donors (Lipinski definition) is 1. The van der Waals surface area contributed by atoms with E-state index in [9.17, 15) is 4.79 Å². The second-order valence-electron chi connectivity index (χ2n) is 4.60. The number of thiophene rings is 1. The summed E-state index contributed by atoms with van der Waals surface area (Å²) in [5.41, 5.74) is 6.54. The minimum Gasteiger partial charge on any atom is -0.397 e. The van der Waals surface area contributed by atoms with Crippen LogP contribution in [-0.4, -0.2) is 21.9 Å². The Labute approximate surface area is 115 Å². The molecule has 1 aliphatic heterocycles. The van der Waals surface area contributed by atoms with Crippen molar-refractivity contribution in [2.45, 2.75) is 26.4 Å². The monoisotopic (exact) mass is 276 g/mol. The fourth-order valence-electron chi connectivity index (χ4n) is 2.29. The molecule has 0 saturated carbocycles. The van der Waals surface area contributed by atoms with E-state index in [1.807, 2.05) is 25.4 Å². The molecule has 1 aliphatic rings. The summed E-state index contributed by atoms with van der Waals surface area (Å²) in [4.78, 5) is 19.0. The van der Waals surface area contributed by atoms with Gasteiger partial charge in [-0.3, -0.25) is 4.79 Å². The van der Waals surface area contributed by atoms with Gasteiger partial charge >= 0.3 is 0 Å². The third-order valence-corrected chi connectivity index (χ3v) is 4.63. The molecule has 2 aromatic rings. The van der Waals surface area contributed by atoms with Crippen molar-refractivity contribution >= 4 is 27.8 Å². The molecule has 2 N–H and O–H groups in total. The highest BCUT2D eigenvalue weighted by Gasteiger charge is 2.21. The molecule has 0 amide bonds. The summed E-state index contributed by atoms with van der Waals surface area (Å²) in [6.07, 6.45) is 4.32. The lowest BCUT2D eigenvalue weighted by atomic mass is 10.2. The standard InChI is InChI=1S/C13H16N4OS/c1-2-10(18)13-9(14)7-12(19-13)17-6-5-16-4-3-15-11(16)8-17/h3-4,7H,2,5-6,8,14H2,1H3. The molecule has 19 heavy (non-hydrogen) atoms. The van der Waals surface area contributed by atoms with Crippen molar-refractivity contribution in [2.24, 2.45) is 0 Å². The number of carbonyl (C=O) groups excluding carboxylic acids is 1. The maximum atomic E-state index is 11.8. The number of carbonyl (C=O) groups is 1. The summed E-state index contributed by atoms with van der Waals surface area (Å²) in [6, 6.07) is 1.91. The largest absolute Gasteiger partial charge is 0.397 e. The zero-order valence-corrected chi connectivity index (χ0v) is 11.6.